The van der Waals surface area contributed by atoms with Crippen molar-refractivity contribution in [2.24, 2.45) is 10.1 Å². The first kappa shape index (κ1) is 16.7. The monoisotopic (exact) mass is 373 g/mol. The number of amidine groups is 1. The Kier molecular flexibility index (Phi) is 3.80. The maximum atomic E-state index is 12.7. The van der Waals surface area contributed by atoms with Gasteiger partial charge in [-0.25, -0.2) is 9.37 Å². The van der Waals surface area contributed by atoms with Crippen LogP contribution < -0.4 is 0 Å². The van der Waals surface area contributed by atoms with Crippen molar-refractivity contribution in [3.8, 4) is 0 Å². The van der Waals surface area contributed by atoms with E-state index in [9.17, 15) is 9.59 Å². The fourth-order valence-corrected chi connectivity index (χ4v) is 3.48. The van der Waals surface area contributed by atoms with Crippen molar-refractivity contribution in [2.75, 3.05) is 20.6 Å². The molecule has 8 nitrogen and oxygen atoms in total. The van der Waals surface area contributed by atoms with Crippen LogP contribution in [0.2, 0.25) is 5.02 Å². The predicted octanol–water partition coefficient (Wildman–Crippen LogP) is 1.20. The van der Waals surface area contributed by atoms with Crippen LogP contribution in [0.3, 0.4) is 0 Å². The highest BCUT2D eigenvalue weighted by Crippen LogP contribution is 2.23. The molecular weight excluding hydrogens is 356 g/mol. The molecule has 0 saturated carbocycles. The molecule has 26 heavy (non-hydrogen) atoms. The Morgan fingerprint density at radius 2 is 1.88 bits per heavy atom. The van der Waals surface area contributed by atoms with Crippen LogP contribution in [0, 0.1) is 0 Å². The normalized spacial score (nSPS) is 22.5. The number of nitrogens with zero attached hydrogens (tertiary/aromatic N) is 6. The third kappa shape index (κ3) is 2.48. The molecule has 1 aromatic carbocycles. The summed E-state index contributed by atoms with van der Waals surface area (Å²) in [5.74, 6) is 0.746. The van der Waals surface area contributed by atoms with E-state index >= 15 is 0 Å². The quantitative estimate of drug-likeness (QED) is 0.731. The molecule has 3 amide bonds. The lowest BCUT2D eigenvalue weighted by atomic mass is 10.1. The van der Waals surface area contributed by atoms with Crippen LogP contribution in [0.4, 0.5) is 4.79 Å². The molecule has 134 valence electrons. The number of urea groups is 1. The molecule has 1 unspecified atom stereocenters. The number of carbonyl (C=O) groups is 2. The number of rotatable bonds is 2. The first-order chi connectivity index (χ1) is 12.4. The standard InChI is InChI=1S/C17H18ClN6O2/c1-10-8-23-13-14(21(2)17(26)22(3)15(13)25)19-16(23)24(20-10)9-11-4-6-12(18)7-5-11/h4-7,13H,8-9H2,1-3H3/q+1. The Hall–Kier alpha value is -2.74. The summed E-state index contributed by atoms with van der Waals surface area (Å²) < 4.78 is 1.90. The van der Waals surface area contributed by atoms with Crippen molar-refractivity contribution in [1.29, 1.82) is 0 Å². The second-order valence-corrected chi connectivity index (χ2v) is 7.00. The van der Waals surface area contributed by atoms with E-state index in [0.717, 1.165) is 16.2 Å². The number of imide groups is 1. The molecule has 0 spiro atoms. The highest BCUT2D eigenvalue weighted by molar-refractivity contribution is 6.30. The van der Waals surface area contributed by atoms with E-state index < -0.39 is 6.04 Å². The lowest BCUT2D eigenvalue weighted by molar-refractivity contribution is -0.528. The van der Waals surface area contributed by atoms with E-state index in [0.29, 0.717) is 29.9 Å². The molecule has 1 saturated heterocycles. The van der Waals surface area contributed by atoms with Crippen LogP contribution in [-0.2, 0) is 11.3 Å². The van der Waals surface area contributed by atoms with Gasteiger partial charge in [0.25, 0.3) is 5.91 Å². The second kappa shape index (κ2) is 5.91. The summed E-state index contributed by atoms with van der Waals surface area (Å²) in [5.41, 5.74) is 1.89. The number of aliphatic imine (C=N–C) groups is 1. The summed E-state index contributed by atoms with van der Waals surface area (Å²) in [6, 6.07) is 6.52. The smallest absolute Gasteiger partial charge is 0.270 e. The fraction of sp³-hybridized carbons (Fsp3) is 0.353. The predicted molar refractivity (Wildman–Crippen MR) is 97.4 cm³/mol. The summed E-state index contributed by atoms with van der Waals surface area (Å²) in [5, 5.41) is 7.02. The van der Waals surface area contributed by atoms with Crippen LogP contribution in [0.1, 0.15) is 12.5 Å². The maximum Gasteiger partial charge on any atom is 0.417 e. The number of carbonyl (C=O) groups excluding carboxylic acids is 2. The lowest BCUT2D eigenvalue weighted by Crippen LogP contribution is -2.62. The van der Waals surface area contributed by atoms with Gasteiger partial charge in [0.2, 0.25) is 11.9 Å². The van der Waals surface area contributed by atoms with Crippen molar-refractivity contribution in [3.05, 3.63) is 34.9 Å². The topological polar surface area (TPSA) is 71.6 Å². The largest absolute Gasteiger partial charge is 0.417 e. The van der Waals surface area contributed by atoms with Crippen molar-refractivity contribution in [2.45, 2.75) is 19.5 Å². The van der Waals surface area contributed by atoms with Crippen LogP contribution in [0.25, 0.3) is 0 Å². The minimum atomic E-state index is -0.601. The zero-order chi connectivity index (χ0) is 18.6. The molecule has 0 radical (unpaired) electrons. The second-order valence-electron chi connectivity index (χ2n) is 6.56. The molecular formula is C17H18ClN6O2+. The third-order valence-electron chi connectivity index (χ3n) is 4.68. The van der Waals surface area contributed by atoms with Gasteiger partial charge in [-0.05, 0) is 24.6 Å². The molecule has 1 fully saturated rings. The summed E-state index contributed by atoms with van der Waals surface area (Å²) in [4.78, 5) is 32.1. The Bertz CT molecular complexity index is 904. The number of likely N-dealkylation sites (N-methyl/N-ethyl adjacent to an activating group) is 2. The number of halogens is 1. The molecule has 3 aliphatic rings. The van der Waals surface area contributed by atoms with Gasteiger partial charge in [-0.1, -0.05) is 28.7 Å². The number of hydrogen-bond acceptors (Lipinski definition) is 5. The molecule has 0 aromatic heterocycles. The minimum Gasteiger partial charge on any atom is -0.270 e. The molecule has 4 rings (SSSR count). The number of hydrazone groups is 1. The zero-order valence-corrected chi connectivity index (χ0v) is 15.4. The van der Waals surface area contributed by atoms with Gasteiger partial charge in [0.05, 0.1) is 5.71 Å². The van der Waals surface area contributed by atoms with E-state index in [1.54, 1.807) is 12.1 Å². The highest BCUT2D eigenvalue weighted by atomic mass is 35.5. The molecule has 3 aliphatic heterocycles. The van der Waals surface area contributed by atoms with E-state index in [1.165, 1.54) is 11.9 Å². The first-order valence-electron chi connectivity index (χ1n) is 8.20. The van der Waals surface area contributed by atoms with Gasteiger partial charge < -0.3 is 0 Å². The average molecular weight is 374 g/mol. The van der Waals surface area contributed by atoms with Gasteiger partial charge in [-0.3, -0.25) is 14.6 Å². The molecule has 0 aliphatic carbocycles. The van der Waals surface area contributed by atoms with Crippen molar-refractivity contribution >= 4 is 41.0 Å². The summed E-state index contributed by atoms with van der Waals surface area (Å²) >= 11 is 5.95. The SMILES string of the molecule is CC1=NN(Cc2ccc(Cl)cc2)C2=[N+](C1)C1C(=O)N(C)C(=O)N(C)C1=N2. The van der Waals surface area contributed by atoms with Crippen molar-refractivity contribution in [1.82, 2.24) is 14.8 Å². The Morgan fingerprint density at radius 3 is 2.58 bits per heavy atom. The molecule has 3 heterocycles. The van der Waals surface area contributed by atoms with Crippen LogP contribution in [0.15, 0.2) is 34.4 Å². The van der Waals surface area contributed by atoms with E-state index in [4.69, 9.17) is 11.6 Å². The van der Waals surface area contributed by atoms with E-state index in [-0.39, 0.29) is 11.9 Å². The molecule has 9 heteroatoms. The van der Waals surface area contributed by atoms with Gasteiger partial charge in [-0.2, -0.15) is 0 Å². The van der Waals surface area contributed by atoms with Crippen molar-refractivity contribution < 1.29 is 14.2 Å². The number of benzene rings is 1. The molecule has 1 aromatic rings. The first-order valence-corrected chi connectivity index (χ1v) is 8.58. The van der Waals surface area contributed by atoms with E-state index in [1.807, 2.05) is 35.8 Å². The lowest BCUT2D eigenvalue weighted by Gasteiger charge is -2.32. The van der Waals surface area contributed by atoms with Crippen molar-refractivity contribution in [3.63, 3.8) is 0 Å². The molecule has 0 bridgehead atoms. The molecule has 0 N–H and O–H groups in total. The Morgan fingerprint density at radius 1 is 1.19 bits per heavy atom. The van der Waals surface area contributed by atoms with Gasteiger partial charge in [0.15, 0.2) is 0 Å². The zero-order valence-electron chi connectivity index (χ0n) is 14.7. The van der Waals surface area contributed by atoms with Gasteiger partial charge >= 0.3 is 12.0 Å². The fourth-order valence-electron chi connectivity index (χ4n) is 3.35. The summed E-state index contributed by atoms with van der Waals surface area (Å²) in [7, 11) is 3.12. The molecule has 1 atom stereocenters. The van der Waals surface area contributed by atoms with Crippen LogP contribution in [0.5, 0.6) is 0 Å². The number of fused-ring (bicyclic) bond motifs is 2. The number of hydrogen-bond donors (Lipinski definition) is 0. The van der Waals surface area contributed by atoms with E-state index in [2.05, 4.69) is 10.1 Å². The highest BCUT2D eigenvalue weighted by Gasteiger charge is 2.53. The minimum absolute atomic E-state index is 0.275. The van der Waals surface area contributed by atoms with Gasteiger partial charge in [0.1, 0.15) is 13.1 Å². The van der Waals surface area contributed by atoms with Gasteiger partial charge in [-0.15, -0.1) is 10.1 Å². The number of amides is 3. The third-order valence-corrected chi connectivity index (χ3v) is 4.93. The maximum absolute atomic E-state index is 12.7. The summed E-state index contributed by atoms with van der Waals surface area (Å²) in [6.07, 6.45) is 0. The average Bonchev–Trinajstić information content (AvgIpc) is 2.99. The van der Waals surface area contributed by atoms with Gasteiger partial charge in [0, 0.05) is 19.1 Å². The number of guanidine groups is 1. The summed E-state index contributed by atoms with van der Waals surface area (Å²) in [6.45, 7) is 2.90. The van der Waals surface area contributed by atoms with Crippen LogP contribution in [-0.4, -0.2) is 75.5 Å². The Balaban J connectivity index is 1.72. The Labute approximate surface area is 155 Å². The van der Waals surface area contributed by atoms with Crippen LogP contribution >= 0.6 is 11.6 Å².